The van der Waals surface area contributed by atoms with Gasteiger partial charge >= 0.3 is 0 Å². The van der Waals surface area contributed by atoms with E-state index >= 15 is 0 Å². The van der Waals surface area contributed by atoms with Gasteiger partial charge in [-0.25, -0.2) is 0 Å². The van der Waals surface area contributed by atoms with Crippen LogP contribution in [0.4, 0.5) is 5.82 Å². The molecule has 4 aliphatic rings. The summed E-state index contributed by atoms with van der Waals surface area (Å²) in [6.07, 6.45) is 9.79. The van der Waals surface area contributed by atoms with Gasteiger partial charge in [-0.1, -0.05) is 30.5 Å². The van der Waals surface area contributed by atoms with Crippen LogP contribution in [0.3, 0.4) is 0 Å². The Balaban J connectivity index is 1.46. The molecule has 31 heavy (non-hydrogen) atoms. The van der Waals surface area contributed by atoms with Crippen molar-refractivity contribution in [3.05, 3.63) is 53.2 Å². The van der Waals surface area contributed by atoms with Crippen molar-refractivity contribution in [3.8, 4) is 0 Å². The van der Waals surface area contributed by atoms with Crippen LogP contribution >= 0.6 is 0 Å². The Hall–Kier alpha value is -2.96. The monoisotopic (exact) mass is 419 g/mol. The van der Waals surface area contributed by atoms with Gasteiger partial charge in [-0.3, -0.25) is 19.5 Å². The summed E-state index contributed by atoms with van der Waals surface area (Å²) >= 11 is 0. The maximum Gasteiger partial charge on any atom is 0.295 e. The summed E-state index contributed by atoms with van der Waals surface area (Å²) in [4.78, 5) is 33.2. The predicted octanol–water partition coefficient (Wildman–Crippen LogP) is 3.90. The van der Waals surface area contributed by atoms with Gasteiger partial charge in [0.15, 0.2) is 17.4 Å². The van der Waals surface area contributed by atoms with E-state index in [2.05, 4.69) is 10.1 Å². The lowest BCUT2D eigenvalue weighted by molar-refractivity contribution is -0.139. The van der Waals surface area contributed by atoms with Gasteiger partial charge in [0, 0.05) is 18.5 Å². The minimum atomic E-state index is -0.599. The number of carbonyl (C=O) groups excluding carboxylic acids is 2. The molecule has 5 unspecified atom stereocenters. The zero-order chi connectivity index (χ0) is 21.1. The standard InChI is InChI=1S/C24H25N3O4/c1-13-11-18(26-31-13)27-20(15-6-4-10-25-12-15)19-21(28)17-9-8-14-5-2-3-7-16(14)22(17)30-23(19)24(27)29/h4,6,10-12,14,16-17,20,22H,2-3,5,7-9H2,1H3. The molecule has 0 N–H and O–H groups in total. The molecule has 4 heterocycles. The Bertz CT molecular complexity index is 1080. The lowest BCUT2D eigenvalue weighted by atomic mass is 9.63. The third-order valence-electron chi connectivity index (χ3n) is 7.54. The number of hydrogen-bond acceptors (Lipinski definition) is 6. The highest BCUT2D eigenvalue weighted by molar-refractivity contribution is 6.17. The molecule has 2 saturated carbocycles. The average molecular weight is 419 g/mol. The molecule has 2 aliphatic heterocycles. The molecule has 0 spiro atoms. The normalized spacial score (nSPS) is 32.4. The van der Waals surface area contributed by atoms with Gasteiger partial charge in [0.2, 0.25) is 0 Å². The van der Waals surface area contributed by atoms with Gasteiger partial charge in [-0.2, -0.15) is 0 Å². The van der Waals surface area contributed by atoms with Crippen molar-refractivity contribution in [1.82, 2.24) is 10.1 Å². The number of nitrogens with zero attached hydrogens (tertiary/aromatic N) is 3. The first kappa shape index (κ1) is 18.8. The highest BCUT2D eigenvalue weighted by Gasteiger charge is 2.56. The van der Waals surface area contributed by atoms with Crippen molar-refractivity contribution < 1.29 is 18.8 Å². The van der Waals surface area contributed by atoms with Crippen molar-refractivity contribution in [3.63, 3.8) is 0 Å². The number of Topliss-reactive ketones (excluding diaryl/α,β-unsaturated/α-hetero) is 1. The van der Waals surface area contributed by atoms with Crippen LogP contribution in [0.1, 0.15) is 55.9 Å². The maximum atomic E-state index is 13.8. The number of fused-ring (bicyclic) bond motifs is 3. The molecule has 0 saturated heterocycles. The Morgan fingerprint density at radius 1 is 1.13 bits per heavy atom. The second kappa shape index (κ2) is 7.04. The third-order valence-corrected chi connectivity index (χ3v) is 7.54. The lowest BCUT2D eigenvalue weighted by Gasteiger charge is -2.46. The van der Waals surface area contributed by atoms with Crippen molar-refractivity contribution in [2.45, 2.75) is 57.6 Å². The minimum Gasteiger partial charge on any atom is -0.483 e. The molecule has 5 atom stereocenters. The second-order valence-corrected chi connectivity index (χ2v) is 9.24. The number of ketones is 1. The summed E-state index contributed by atoms with van der Waals surface area (Å²) in [7, 11) is 0. The molecular weight excluding hydrogens is 394 g/mol. The van der Waals surface area contributed by atoms with Crippen LogP contribution in [0.5, 0.6) is 0 Å². The molecule has 7 heteroatoms. The van der Waals surface area contributed by atoms with Crippen LogP contribution in [-0.2, 0) is 14.3 Å². The van der Waals surface area contributed by atoms with E-state index in [9.17, 15) is 9.59 Å². The van der Waals surface area contributed by atoms with E-state index in [1.165, 1.54) is 24.2 Å². The summed E-state index contributed by atoms with van der Waals surface area (Å²) in [5.74, 6) is 1.71. The Morgan fingerprint density at radius 2 is 2.00 bits per heavy atom. The van der Waals surface area contributed by atoms with Crippen molar-refractivity contribution in [1.29, 1.82) is 0 Å². The first-order valence-electron chi connectivity index (χ1n) is 11.3. The molecule has 2 aromatic heterocycles. The van der Waals surface area contributed by atoms with E-state index in [0.29, 0.717) is 29.0 Å². The first-order valence-corrected chi connectivity index (χ1v) is 11.3. The molecule has 7 nitrogen and oxygen atoms in total. The number of carbonyl (C=O) groups is 2. The van der Waals surface area contributed by atoms with Gasteiger partial charge < -0.3 is 9.26 Å². The predicted molar refractivity (Wildman–Crippen MR) is 111 cm³/mol. The van der Waals surface area contributed by atoms with E-state index in [1.54, 1.807) is 25.4 Å². The van der Waals surface area contributed by atoms with Gasteiger partial charge in [-0.15, -0.1) is 0 Å². The molecule has 6 rings (SSSR count). The quantitative estimate of drug-likeness (QED) is 0.734. The van der Waals surface area contributed by atoms with Crippen LogP contribution in [0, 0.1) is 24.7 Å². The fraction of sp³-hybridized carbons (Fsp3) is 0.500. The van der Waals surface area contributed by atoms with Crippen LogP contribution in [0.15, 0.2) is 46.4 Å². The number of anilines is 1. The molecule has 1 amide bonds. The minimum absolute atomic E-state index is 0.0557. The van der Waals surface area contributed by atoms with Crippen LogP contribution in [-0.4, -0.2) is 27.9 Å². The smallest absolute Gasteiger partial charge is 0.295 e. The summed E-state index contributed by atoms with van der Waals surface area (Å²) in [6.45, 7) is 1.78. The number of ether oxygens (including phenoxy) is 1. The topological polar surface area (TPSA) is 85.5 Å². The Kier molecular flexibility index (Phi) is 4.26. The van der Waals surface area contributed by atoms with Crippen molar-refractivity contribution in [2.24, 2.45) is 17.8 Å². The zero-order valence-corrected chi connectivity index (χ0v) is 17.5. The van der Waals surface area contributed by atoms with Crippen molar-refractivity contribution >= 4 is 17.5 Å². The van der Waals surface area contributed by atoms with Crippen LogP contribution < -0.4 is 4.90 Å². The Labute approximate surface area is 180 Å². The fourth-order valence-electron chi connectivity index (χ4n) is 6.18. The number of hydrogen-bond donors (Lipinski definition) is 0. The van der Waals surface area contributed by atoms with Gasteiger partial charge in [0.25, 0.3) is 5.91 Å². The average Bonchev–Trinajstić information content (AvgIpc) is 3.35. The highest BCUT2D eigenvalue weighted by Crippen LogP contribution is 2.52. The van der Waals surface area contributed by atoms with Gasteiger partial charge in [-0.05, 0) is 49.7 Å². The van der Waals surface area contributed by atoms with Crippen LogP contribution in [0.25, 0.3) is 0 Å². The van der Waals surface area contributed by atoms with E-state index < -0.39 is 6.04 Å². The zero-order valence-electron chi connectivity index (χ0n) is 17.5. The second-order valence-electron chi connectivity index (χ2n) is 9.24. The number of amides is 1. The molecule has 2 aliphatic carbocycles. The van der Waals surface area contributed by atoms with E-state index in [0.717, 1.165) is 24.8 Å². The summed E-state index contributed by atoms with van der Waals surface area (Å²) in [5, 5.41) is 4.08. The number of rotatable bonds is 2. The highest BCUT2D eigenvalue weighted by atomic mass is 16.5. The lowest BCUT2D eigenvalue weighted by Crippen LogP contribution is -2.48. The van der Waals surface area contributed by atoms with Crippen molar-refractivity contribution in [2.75, 3.05) is 4.90 Å². The number of aryl methyl sites for hydroxylation is 1. The SMILES string of the molecule is Cc1cc(N2C(=O)C3=C(C(=O)C4CCC5CCCCC5C4O3)C2c2cccnc2)no1. The maximum absolute atomic E-state index is 13.8. The summed E-state index contributed by atoms with van der Waals surface area (Å²) in [6, 6.07) is 4.82. The van der Waals surface area contributed by atoms with Gasteiger partial charge in [0.1, 0.15) is 11.9 Å². The van der Waals surface area contributed by atoms with Gasteiger partial charge in [0.05, 0.1) is 17.5 Å². The first-order chi connectivity index (χ1) is 15.1. The molecule has 0 bridgehead atoms. The summed E-state index contributed by atoms with van der Waals surface area (Å²) in [5.41, 5.74) is 1.22. The van der Waals surface area contributed by atoms with E-state index in [4.69, 9.17) is 9.26 Å². The molecular formula is C24H25N3O4. The molecule has 0 aromatic carbocycles. The van der Waals surface area contributed by atoms with E-state index in [1.807, 2.05) is 12.1 Å². The largest absolute Gasteiger partial charge is 0.483 e. The van der Waals surface area contributed by atoms with E-state index in [-0.39, 0.29) is 29.5 Å². The molecule has 0 radical (unpaired) electrons. The number of pyridine rings is 1. The molecule has 2 fully saturated rings. The van der Waals surface area contributed by atoms with Crippen LogP contribution in [0.2, 0.25) is 0 Å². The fourth-order valence-corrected chi connectivity index (χ4v) is 6.18. The third kappa shape index (κ3) is 2.78. The molecule has 160 valence electrons. The number of aromatic nitrogens is 2. The molecule has 2 aromatic rings. The Morgan fingerprint density at radius 3 is 2.77 bits per heavy atom. The summed E-state index contributed by atoms with van der Waals surface area (Å²) < 4.78 is 11.7.